The normalized spacial score (nSPS) is 19.8. The monoisotopic (exact) mass is 456 g/mol. The molecule has 11 heteroatoms. The molecule has 1 aromatic rings. The average Bonchev–Trinajstić information content (AvgIpc) is 2.98. The molecule has 2 fully saturated rings. The topological polar surface area (TPSA) is 107 Å². The summed E-state index contributed by atoms with van der Waals surface area (Å²) in [5.74, 6) is -0.778. The zero-order valence-electron chi connectivity index (χ0n) is 16.9. The molecule has 2 heterocycles. The van der Waals surface area contributed by atoms with E-state index in [0.717, 1.165) is 4.90 Å². The van der Waals surface area contributed by atoms with Crippen LogP contribution in [0.4, 0.5) is 4.79 Å². The van der Waals surface area contributed by atoms with E-state index in [4.69, 9.17) is 11.6 Å². The first-order chi connectivity index (χ1) is 14.1. The molecule has 4 amide bonds. The van der Waals surface area contributed by atoms with Crippen LogP contribution in [0.25, 0.3) is 0 Å². The first kappa shape index (κ1) is 22.5. The Balaban J connectivity index is 1.61. The second-order valence-electron chi connectivity index (χ2n) is 7.35. The Morgan fingerprint density at radius 2 is 1.63 bits per heavy atom. The van der Waals surface area contributed by atoms with Gasteiger partial charge in [-0.3, -0.25) is 14.5 Å². The van der Waals surface area contributed by atoms with E-state index in [-0.39, 0.29) is 43.5 Å². The summed E-state index contributed by atoms with van der Waals surface area (Å²) in [6.45, 7) is 3.90. The van der Waals surface area contributed by atoms with Crippen molar-refractivity contribution >= 4 is 39.5 Å². The Morgan fingerprint density at radius 1 is 1.07 bits per heavy atom. The largest absolute Gasteiger partial charge is 0.338 e. The van der Waals surface area contributed by atoms with Crippen LogP contribution in [0, 0.1) is 0 Å². The molecule has 164 valence electrons. The molecular weight excluding hydrogens is 432 g/mol. The number of nitrogens with zero attached hydrogens (tertiary/aromatic N) is 3. The van der Waals surface area contributed by atoms with Gasteiger partial charge in [-0.15, -0.1) is 0 Å². The van der Waals surface area contributed by atoms with Crippen molar-refractivity contribution in [3.8, 4) is 0 Å². The number of sulfonamides is 1. The molecule has 1 aromatic carbocycles. The third-order valence-corrected chi connectivity index (χ3v) is 7.95. The van der Waals surface area contributed by atoms with Gasteiger partial charge in [-0.25, -0.2) is 13.2 Å². The van der Waals surface area contributed by atoms with E-state index in [2.05, 4.69) is 5.32 Å². The van der Waals surface area contributed by atoms with Crippen LogP contribution >= 0.6 is 11.6 Å². The van der Waals surface area contributed by atoms with Gasteiger partial charge in [-0.05, 0) is 37.1 Å². The highest BCUT2D eigenvalue weighted by Crippen LogP contribution is 2.25. The van der Waals surface area contributed by atoms with Crippen LogP contribution in [0.15, 0.2) is 29.2 Å². The lowest BCUT2D eigenvalue weighted by Crippen LogP contribution is -2.53. The van der Waals surface area contributed by atoms with E-state index in [0.29, 0.717) is 17.9 Å². The van der Waals surface area contributed by atoms with E-state index < -0.39 is 27.5 Å². The SMILES string of the molecule is CCC1(CC)NC(=O)N(CC(=O)N2CCN(S(=O)(=O)c3ccc(Cl)cc3)CC2)C1=O. The van der Waals surface area contributed by atoms with Crippen LogP contribution in [0.3, 0.4) is 0 Å². The number of nitrogens with one attached hydrogen (secondary N) is 1. The van der Waals surface area contributed by atoms with Gasteiger partial charge in [-0.2, -0.15) is 4.31 Å². The van der Waals surface area contributed by atoms with Gasteiger partial charge in [0.1, 0.15) is 12.1 Å². The molecule has 2 saturated heterocycles. The maximum atomic E-state index is 12.8. The van der Waals surface area contributed by atoms with Gasteiger partial charge in [0.05, 0.1) is 4.90 Å². The Morgan fingerprint density at radius 3 is 2.13 bits per heavy atom. The third kappa shape index (κ3) is 4.03. The number of hydrogen-bond acceptors (Lipinski definition) is 5. The zero-order chi connectivity index (χ0) is 22.1. The number of rotatable bonds is 6. The number of amides is 4. The fraction of sp³-hybridized carbons (Fsp3) is 0.526. The molecule has 0 unspecified atom stereocenters. The Bertz CT molecular complexity index is 938. The standard InChI is InChI=1S/C19H25ClN4O5S/c1-3-19(4-2)17(26)24(18(27)21-19)13-16(25)22-9-11-23(12-10-22)30(28,29)15-7-5-14(20)6-8-15/h5-8H,3-4,9-13H2,1-2H3,(H,21,27). The summed E-state index contributed by atoms with van der Waals surface area (Å²) >= 11 is 5.82. The molecule has 0 aromatic heterocycles. The van der Waals surface area contributed by atoms with E-state index >= 15 is 0 Å². The van der Waals surface area contributed by atoms with Crippen molar-refractivity contribution in [1.29, 1.82) is 0 Å². The number of hydrogen-bond donors (Lipinski definition) is 1. The summed E-state index contributed by atoms with van der Waals surface area (Å²) in [7, 11) is -3.68. The van der Waals surface area contributed by atoms with Gasteiger partial charge in [0.15, 0.2) is 0 Å². The average molecular weight is 457 g/mol. The predicted molar refractivity (Wildman–Crippen MR) is 110 cm³/mol. The number of carbonyl (C=O) groups excluding carboxylic acids is 3. The first-order valence-electron chi connectivity index (χ1n) is 9.82. The highest BCUT2D eigenvalue weighted by atomic mass is 35.5. The summed E-state index contributed by atoms with van der Waals surface area (Å²) in [5, 5.41) is 3.14. The van der Waals surface area contributed by atoms with Gasteiger partial charge in [-0.1, -0.05) is 25.4 Å². The minimum atomic E-state index is -3.68. The first-order valence-corrected chi connectivity index (χ1v) is 11.6. The molecule has 1 N–H and O–H groups in total. The molecule has 2 aliphatic heterocycles. The van der Waals surface area contributed by atoms with Crippen molar-refractivity contribution in [3.63, 3.8) is 0 Å². The van der Waals surface area contributed by atoms with Crippen molar-refractivity contribution in [2.75, 3.05) is 32.7 Å². The van der Waals surface area contributed by atoms with Gasteiger partial charge in [0.25, 0.3) is 5.91 Å². The van der Waals surface area contributed by atoms with Gasteiger partial charge in [0, 0.05) is 31.2 Å². The number of imide groups is 1. The fourth-order valence-corrected chi connectivity index (χ4v) is 5.27. The van der Waals surface area contributed by atoms with Crippen molar-refractivity contribution in [3.05, 3.63) is 29.3 Å². The minimum absolute atomic E-state index is 0.130. The van der Waals surface area contributed by atoms with E-state index in [1.165, 1.54) is 33.5 Å². The molecular formula is C19H25ClN4O5S. The van der Waals surface area contributed by atoms with E-state index in [1.54, 1.807) is 0 Å². The minimum Gasteiger partial charge on any atom is -0.338 e. The summed E-state index contributed by atoms with van der Waals surface area (Å²) < 4.78 is 26.8. The van der Waals surface area contributed by atoms with Crippen LogP contribution in [0.1, 0.15) is 26.7 Å². The summed E-state index contributed by atoms with van der Waals surface area (Å²) in [5.41, 5.74) is -0.956. The highest BCUT2D eigenvalue weighted by Gasteiger charge is 2.49. The molecule has 9 nitrogen and oxygen atoms in total. The van der Waals surface area contributed by atoms with Crippen LogP contribution in [0.2, 0.25) is 5.02 Å². The van der Waals surface area contributed by atoms with Crippen molar-refractivity contribution in [1.82, 2.24) is 19.4 Å². The lowest BCUT2D eigenvalue weighted by Gasteiger charge is -2.34. The smallest absolute Gasteiger partial charge is 0.325 e. The number of carbonyl (C=O) groups is 3. The second kappa shape index (κ2) is 8.52. The van der Waals surface area contributed by atoms with Crippen molar-refractivity contribution < 1.29 is 22.8 Å². The highest BCUT2D eigenvalue weighted by molar-refractivity contribution is 7.89. The Kier molecular flexibility index (Phi) is 6.40. The van der Waals surface area contributed by atoms with Crippen molar-refractivity contribution in [2.45, 2.75) is 37.1 Å². The maximum Gasteiger partial charge on any atom is 0.325 e. The van der Waals surface area contributed by atoms with Gasteiger partial charge < -0.3 is 10.2 Å². The van der Waals surface area contributed by atoms with Crippen molar-refractivity contribution in [2.24, 2.45) is 0 Å². The molecule has 3 rings (SSSR count). The van der Waals surface area contributed by atoms with Gasteiger partial charge in [0.2, 0.25) is 15.9 Å². The molecule has 0 spiro atoms. The molecule has 0 radical (unpaired) electrons. The molecule has 0 saturated carbocycles. The summed E-state index contributed by atoms with van der Waals surface area (Å²) in [6.07, 6.45) is 0.889. The van der Waals surface area contributed by atoms with Crippen LogP contribution in [-0.2, 0) is 19.6 Å². The lowest BCUT2D eigenvalue weighted by molar-refractivity contribution is -0.139. The second-order valence-corrected chi connectivity index (χ2v) is 9.72. The summed E-state index contributed by atoms with van der Waals surface area (Å²) in [4.78, 5) is 40.1. The molecule has 2 aliphatic rings. The zero-order valence-corrected chi connectivity index (χ0v) is 18.5. The molecule has 30 heavy (non-hydrogen) atoms. The van der Waals surface area contributed by atoms with E-state index in [9.17, 15) is 22.8 Å². The molecule has 0 aliphatic carbocycles. The van der Waals surface area contributed by atoms with Crippen LogP contribution in [-0.4, -0.2) is 78.6 Å². The predicted octanol–water partition coefficient (Wildman–Crippen LogP) is 1.28. The molecule has 0 bridgehead atoms. The number of benzene rings is 1. The van der Waals surface area contributed by atoms with E-state index in [1.807, 2.05) is 13.8 Å². The number of halogens is 1. The molecule has 0 atom stereocenters. The van der Waals surface area contributed by atoms with Gasteiger partial charge >= 0.3 is 6.03 Å². The Labute approximate surface area is 181 Å². The summed E-state index contributed by atoms with van der Waals surface area (Å²) in [6, 6.07) is 5.35. The number of piperazine rings is 1. The quantitative estimate of drug-likeness (QED) is 0.649. The van der Waals surface area contributed by atoms with Crippen LogP contribution in [0.5, 0.6) is 0 Å². The van der Waals surface area contributed by atoms with Crippen LogP contribution < -0.4 is 5.32 Å². The lowest BCUT2D eigenvalue weighted by atomic mass is 9.93. The fourth-order valence-electron chi connectivity index (χ4n) is 3.72. The third-order valence-electron chi connectivity index (χ3n) is 5.79. The number of urea groups is 1. The maximum absolute atomic E-state index is 12.8. The Hall–Kier alpha value is -2.17.